The summed E-state index contributed by atoms with van der Waals surface area (Å²) in [6.45, 7) is 12.1. The van der Waals surface area contributed by atoms with Crippen LogP contribution in [0.25, 0.3) is 0 Å². The highest BCUT2D eigenvalue weighted by Gasteiger charge is 2.26. The molecule has 0 amide bonds. The summed E-state index contributed by atoms with van der Waals surface area (Å²) < 4.78 is 7.82. The van der Waals surface area contributed by atoms with E-state index in [0.29, 0.717) is 18.7 Å². The monoisotopic (exact) mass is 376 g/mol. The Morgan fingerprint density at radius 1 is 1.41 bits per heavy atom. The van der Waals surface area contributed by atoms with Crippen LogP contribution in [-0.2, 0) is 11.8 Å². The van der Waals surface area contributed by atoms with Crippen LogP contribution >= 0.6 is 0 Å². The lowest BCUT2D eigenvalue weighted by atomic mass is 10.0. The Kier molecular flexibility index (Phi) is 7.13. The predicted molar refractivity (Wildman–Crippen MR) is 109 cm³/mol. The fraction of sp³-hybridized carbons (Fsp3) is 0.800. The SMILES string of the molecule is CCNC(=NCC(C)N1CCCCC1C)N1CCOC(c2cnn(C)c2)C1. The summed E-state index contributed by atoms with van der Waals surface area (Å²) in [4.78, 5) is 9.94. The van der Waals surface area contributed by atoms with Crippen molar-refractivity contribution in [2.45, 2.75) is 58.2 Å². The first-order valence-electron chi connectivity index (χ1n) is 10.5. The van der Waals surface area contributed by atoms with E-state index in [-0.39, 0.29) is 6.10 Å². The Hall–Kier alpha value is -1.60. The molecule has 3 unspecified atom stereocenters. The van der Waals surface area contributed by atoms with E-state index in [0.717, 1.165) is 37.7 Å². The molecule has 0 aromatic carbocycles. The van der Waals surface area contributed by atoms with E-state index in [9.17, 15) is 0 Å². The number of nitrogens with zero attached hydrogens (tertiary/aromatic N) is 5. The number of morpholine rings is 1. The Bertz CT molecular complexity index is 615. The second-order valence-corrected chi connectivity index (χ2v) is 7.88. The van der Waals surface area contributed by atoms with E-state index < -0.39 is 0 Å². The predicted octanol–water partition coefficient (Wildman–Crippen LogP) is 2.02. The molecule has 1 aromatic rings. The number of aryl methyl sites for hydroxylation is 1. The van der Waals surface area contributed by atoms with Gasteiger partial charge in [-0.1, -0.05) is 6.42 Å². The second-order valence-electron chi connectivity index (χ2n) is 7.88. The van der Waals surface area contributed by atoms with Crippen LogP contribution in [0.3, 0.4) is 0 Å². The molecule has 152 valence electrons. The van der Waals surface area contributed by atoms with Crippen molar-refractivity contribution in [3.63, 3.8) is 0 Å². The van der Waals surface area contributed by atoms with Gasteiger partial charge in [0, 0.05) is 44.0 Å². The number of nitrogens with one attached hydrogen (secondary N) is 1. The van der Waals surface area contributed by atoms with Crippen molar-refractivity contribution in [2.24, 2.45) is 12.0 Å². The molecule has 3 rings (SSSR count). The number of rotatable bonds is 5. The summed E-state index contributed by atoms with van der Waals surface area (Å²) >= 11 is 0. The topological polar surface area (TPSA) is 57.9 Å². The van der Waals surface area contributed by atoms with Gasteiger partial charge in [-0.05, 0) is 40.2 Å². The van der Waals surface area contributed by atoms with Crippen LogP contribution < -0.4 is 5.32 Å². The first-order valence-corrected chi connectivity index (χ1v) is 10.5. The highest BCUT2D eigenvalue weighted by molar-refractivity contribution is 5.80. The molecular formula is C20H36N6O. The van der Waals surface area contributed by atoms with Crippen LogP contribution in [0.4, 0.5) is 0 Å². The fourth-order valence-corrected chi connectivity index (χ4v) is 4.17. The maximum absolute atomic E-state index is 5.98. The van der Waals surface area contributed by atoms with Gasteiger partial charge in [-0.25, -0.2) is 0 Å². The molecule has 2 fully saturated rings. The Morgan fingerprint density at radius 2 is 2.26 bits per heavy atom. The van der Waals surface area contributed by atoms with Crippen molar-refractivity contribution in [2.75, 3.05) is 39.3 Å². The maximum atomic E-state index is 5.98. The van der Waals surface area contributed by atoms with Gasteiger partial charge in [0.1, 0.15) is 6.10 Å². The third-order valence-corrected chi connectivity index (χ3v) is 5.72. The van der Waals surface area contributed by atoms with Crippen molar-refractivity contribution < 1.29 is 4.74 Å². The normalized spacial score (nSPS) is 26.2. The van der Waals surface area contributed by atoms with Gasteiger partial charge in [-0.2, -0.15) is 5.10 Å². The number of ether oxygens (including phenoxy) is 1. The molecule has 3 heterocycles. The van der Waals surface area contributed by atoms with Crippen LogP contribution in [0.5, 0.6) is 0 Å². The highest BCUT2D eigenvalue weighted by Crippen LogP contribution is 2.22. The molecule has 0 bridgehead atoms. The lowest BCUT2D eigenvalue weighted by molar-refractivity contribution is -0.00810. The third kappa shape index (κ3) is 5.23. The van der Waals surface area contributed by atoms with Gasteiger partial charge in [-0.3, -0.25) is 14.6 Å². The van der Waals surface area contributed by atoms with Crippen LogP contribution in [0.2, 0.25) is 0 Å². The van der Waals surface area contributed by atoms with E-state index >= 15 is 0 Å². The minimum absolute atomic E-state index is 0.0517. The van der Waals surface area contributed by atoms with Crippen LogP contribution in [-0.4, -0.2) is 77.0 Å². The standard InChI is InChI=1S/C20H36N6O/c1-5-21-20(22-12-17(3)26-9-7-6-8-16(26)2)25-10-11-27-19(15-25)18-13-23-24(4)14-18/h13-14,16-17,19H,5-12,15H2,1-4H3,(H,21,22). The quantitative estimate of drug-likeness (QED) is 0.629. The Morgan fingerprint density at radius 3 is 2.96 bits per heavy atom. The molecule has 7 heteroatoms. The molecule has 1 N–H and O–H groups in total. The average Bonchev–Trinajstić information content (AvgIpc) is 3.12. The molecule has 2 aliphatic heterocycles. The minimum Gasteiger partial charge on any atom is -0.370 e. The number of hydrogen-bond acceptors (Lipinski definition) is 4. The molecule has 3 atom stereocenters. The molecule has 0 spiro atoms. The number of likely N-dealkylation sites (tertiary alicyclic amines) is 1. The summed E-state index contributed by atoms with van der Waals surface area (Å²) in [5, 5.41) is 7.76. The Labute approximate surface area is 163 Å². The second kappa shape index (κ2) is 9.55. The molecule has 1 aromatic heterocycles. The number of aliphatic imine (C=N–C) groups is 1. The summed E-state index contributed by atoms with van der Waals surface area (Å²) in [7, 11) is 1.94. The van der Waals surface area contributed by atoms with E-state index in [4.69, 9.17) is 9.73 Å². The zero-order valence-corrected chi connectivity index (χ0v) is 17.4. The van der Waals surface area contributed by atoms with Gasteiger partial charge in [0.15, 0.2) is 5.96 Å². The van der Waals surface area contributed by atoms with Gasteiger partial charge in [0.05, 0.1) is 25.9 Å². The molecule has 0 aliphatic carbocycles. The molecule has 2 aliphatic rings. The largest absolute Gasteiger partial charge is 0.370 e. The van der Waals surface area contributed by atoms with E-state index in [1.807, 2.05) is 24.1 Å². The molecule has 7 nitrogen and oxygen atoms in total. The molecule has 2 saturated heterocycles. The molecule has 0 radical (unpaired) electrons. The smallest absolute Gasteiger partial charge is 0.194 e. The van der Waals surface area contributed by atoms with E-state index in [1.165, 1.54) is 25.8 Å². The summed E-state index contributed by atoms with van der Waals surface area (Å²) in [6.07, 6.45) is 7.98. The summed E-state index contributed by atoms with van der Waals surface area (Å²) in [6, 6.07) is 1.15. The number of aromatic nitrogens is 2. The van der Waals surface area contributed by atoms with Gasteiger partial charge >= 0.3 is 0 Å². The highest BCUT2D eigenvalue weighted by atomic mass is 16.5. The zero-order chi connectivity index (χ0) is 19.2. The van der Waals surface area contributed by atoms with E-state index in [1.54, 1.807) is 0 Å². The van der Waals surface area contributed by atoms with Crippen LogP contribution in [0.15, 0.2) is 17.4 Å². The molecule has 27 heavy (non-hydrogen) atoms. The molecular weight excluding hydrogens is 340 g/mol. The summed E-state index contributed by atoms with van der Waals surface area (Å²) in [5.41, 5.74) is 1.13. The van der Waals surface area contributed by atoms with Crippen molar-refractivity contribution >= 4 is 5.96 Å². The first kappa shape index (κ1) is 20.1. The zero-order valence-electron chi connectivity index (χ0n) is 17.4. The van der Waals surface area contributed by atoms with Gasteiger partial charge in [0.25, 0.3) is 0 Å². The number of piperidine rings is 1. The number of guanidine groups is 1. The lowest BCUT2D eigenvalue weighted by Crippen LogP contribution is -2.49. The van der Waals surface area contributed by atoms with Crippen molar-refractivity contribution in [1.82, 2.24) is 24.9 Å². The third-order valence-electron chi connectivity index (χ3n) is 5.72. The van der Waals surface area contributed by atoms with Gasteiger partial charge < -0.3 is 15.0 Å². The first-order chi connectivity index (χ1) is 13.1. The minimum atomic E-state index is 0.0517. The number of hydrogen-bond donors (Lipinski definition) is 1. The fourth-order valence-electron chi connectivity index (χ4n) is 4.17. The van der Waals surface area contributed by atoms with Gasteiger partial charge in [0.2, 0.25) is 0 Å². The van der Waals surface area contributed by atoms with Crippen LogP contribution in [0.1, 0.15) is 51.7 Å². The maximum Gasteiger partial charge on any atom is 0.194 e. The average molecular weight is 377 g/mol. The van der Waals surface area contributed by atoms with Crippen LogP contribution in [0, 0.1) is 0 Å². The lowest BCUT2D eigenvalue weighted by Gasteiger charge is -2.38. The Balaban J connectivity index is 1.63. The van der Waals surface area contributed by atoms with Gasteiger partial charge in [-0.15, -0.1) is 0 Å². The van der Waals surface area contributed by atoms with E-state index in [2.05, 4.69) is 41.0 Å². The van der Waals surface area contributed by atoms with Crippen molar-refractivity contribution in [3.05, 3.63) is 18.0 Å². The summed E-state index contributed by atoms with van der Waals surface area (Å²) in [5.74, 6) is 1.01. The molecule has 0 saturated carbocycles. The van der Waals surface area contributed by atoms with Crippen molar-refractivity contribution in [3.8, 4) is 0 Å². The van der Waals surface area contributed by atoms with Crippen molar-refractivity contribution in [1.29, 1.82) is 0 Å².